The lowest BCUT2D eigenvalue weighted by Gasteiger charge is -2.32. The number of methoxy groups -OCH3 is 1. The third kappa shape index (κ3) is 8.48. The van der Waals surface area contributed by atoms with Gasteiger partial charge >= 0.3 is 0 Å². The van der Waals surface area contributed by atoms with Gasteiger partial charge in [0.15, 0.2) is 5.96 Å². The van der Waals surface area contributed by atoms with E-state index in [2.05, 4.69) is 47.6 Å². The van der Waals surface area contributed by atoms with Crippen LogP contribution in [0.2, 0.25) is 0 Å². The first-order chi connectivity index (χ1) is 13.7. The van der Waals surface area contributed by atoms with Crippen molar-refractivity contribution in [2.45, 2.75) is 45.6 Å². The number of hydrogen-bond donors (Lipinski definition) is 2. The zero-order valence-corrected chi connectivity index (χ0v) is 17.9. The predicted molar refractivity (Wildman–Crippen MR) is 116 cm³/mol. The van der Waals surface area contributed by atoms with Crippen molar-refractivity contribution < 1.29 is 9.47 Å². The molecule has 0 amide bonds. The largest absolute Gasteiger partial charge is 0.494 e. The van der Waals surface area contributed by atoms with Crippen LogP contribution in [0.5, 0.6) is 5.75 Å². The quantitative estimate of drug-likeness (QED) is 0.449. The summed E-state index contributed by atoms with van der Waals surface area (Å²) in [5.74, 6) is 1.88. The number of ether oxygens (including phenoxy) is 2. The van der Waals surface area contributed by atoms with E-state index in [9.17, 15) is 0 Å². The van der Waals surface area contributed by atoms with Crippen molar-refractivity contribution in [1.82, 2.24) is 15.5 Å². The highest BCUT2D eigenvalue weighted by atomic mass is 16.5. The molecular formula is C22H38N4O2. The van der Waals surface area contributed by atoms with E-state index < -0.39 is 0 Å². The number of nitrogens with one attached hydrogen (secondary N) is 2. The summed E-state index contributed by atoms with van der Waals surface area (Å²) in [7, 11) is 1.77. The Balaban J connectivity index is 1.79. The van der Waals surface area contributed by atoms with Crippen molar-refractivity contribution in [2.75, 3.05) is 53.0 Å². The average Bonchev–Trinajstić information content (AvgIpc) is 2.72. The zero-order chi connectivity index (χ0) is 20.0. The van der Waals surface area contributed by atoms with Crippen LogP contribution >= 0.6 is 0 Å². The second kappa shape index (κ2) is 13.4. The molecule has 6 nitrogen and oxygen atoms in total. The fourth-order valence-electron chi connectivity index (χ4n) is 3.34. The predicted octanol–water partition coefficient (Wildman–Crippen LogP) is 2.68. The molecule has 0 spiro atoms. The number of piperidine rings is 1. The molecule has 28 heavy (non-hydrogen) atoms. The summed E-state index contributed by atoms with van der Waals surface area (Å²) in [4.78, 5) is 7.25. The van der Waals surface area contributed by atoms with Gasteiger partial charge in [-0.3, -0.25) is 4.99 Å². The van der Waals surface area contributed by atoms with Crippen LogP contribution in [0.3, 0.4) is 0 Å². The van der Waals surface area contributed by atoms with E-state index in [-0.39, 0.29) is 0 Å². The fourth-order valence-corrected chi connectivity index (χ4v) is 3.34. The molecule has 158 valence electrons. The molecule has 1 fully saturated rings. The van der Waals surface area contributed by atoms with Crippen LogP contribution in [0, 0.1) is 0 Å². The maximum Gasteiger partial charge on any atom is 0.191 e. The lowest BCUT2D eigenvalue weighted by atomic mass is 10.1. The molecule has 1 aliphatic heterocycles. The Hall–Kier alpha value is -1.79. The first-order valence-electron chi connectivity index (χ1n) is 10.7. The number of rotatable bonds is 11. The molecule has 0 aromatic heterocycles. The van der Waals surface area contributed by atoms with Crippen LogP contribution in [0.15, 0.2) is 29.3 Å². The van der Waals surface area contributed by atoms with Crippen molar-refractivity contribution in [3.8, 4) is 5.75 Å². The molecular weight excluding hydrogens is 352 g/mol. The van der Waals surface area contributed by atoms with Crippen molar-refractivity contribution in [3.63, 3.8) is 0 Å². The van der Waals surface area contributed by atoms with Crippen LogP contribution in [-0.4, -0.2) is 69.9 Å². The molecule has 0 atom stereocenters. The van der Waals surface area contributed by atoms with E-state index in [1.165, 1.54) is 5.56 Å². The van der Waals surface area contributed by atoms with Crippen molar-refractivity contribution in [2.24, 2.45) is 4.99 Å². The third-order valence-corrected chi connectivity index (χ3v) is 4.93. The van der Waals surface area contributed by atoms with Gasteiger partial charge in [0.25, 0.3) is 0 Å². The highest BCUT2D eigenvalue weighted by Crippen LogP contribution is 2.14. The number of nitrogens with zero attached hydrogens (tertiary/aromatic N) is 2. The molecule has 0 unspecified atom stereocenters. The topological polar surface area (TPSA) is 58.1 Å². The van der Waals surface area contributed by atoms with Crippen LogP contribution in [0.4, 0.5) is 0 Å². The minimum Gasteiger partial charge on any atom is -0.494 e. The molecule has 1 saturated heterocycles. The van der Waals surface area contributed by atoms with E-state index in [0.717, 1.165) is 83.3 Å². The third-order valence-electron chi connectivity index (χ3n) is 4.93. The number of benzene rings is 1. The Morgan fingerprint density at radius 1 is 1.21 bits per heavy atom. The van der Waals surface area contributed by atoms with Gasteiger partial charge < -0.3 is 25.0 Å². The number of aliphatic imine (C=N–C) groups is 1. The van der Waals surface area contributed by atoms with Crippen LogP contribution in [0.25, 0.3) is 0 Å². The molecule has 6 heteroatoms. The van der Waals surface area contributed by atoms with Gasteiger partial charge in [0.05, 0.1) is 13.2 Å². The van der Waals surface area contributed by atoms with Crippen LogP contribution in [-0.2, 0) is 11.2 Å². The summed E-state index contributed by atoms with van der Waals surface area (Å²) in [5.41, 5.74) is 1.26. The van der Waals surface area contributed by atoms with Gasteiger partial charge in [0, 0.05) is 45.9 Å². The Morgan fingerprint density at radius 3 is 2.75 bits per heavy atom. The van der Waals surface area contributed by atoms with Gasteiger partial charge in [0.1, 0.15) is 5.75 Å². The monoisotopic (exact) mass is 390 g/mol. The molecule has 1 aromatic carbocycles. The Labute approximate surface area is 170 Å². The Bertz CT molecular complexity index is 571. The summed E-state index contributed by atoms with van der Waals surface area (Å²) < 4.78 is 10.9. The van der Waals surface area contributed by atoms with Gasteiger partial charge in [-0.15, -0.1) is 0 Å². The number of likely N-dealkylation sites (tertiary alicyclic amines) is 1. The summed E-state index contributed by atoms with van der Waals surface area (Å²) in [6.07, 6.45) is 4.22. The van der Waals surface area contributed by atoms with E-state index in [1.54, 1.807) is 7.11 Å². The number of guanidine groups is 1. The summed E-state index contributed by atoms with van der Waals surface area (Å²) >= 11 is 0. The van der Waals surface area contributed by atoms with Crippen molar-refractivity contribution in [1.29, 1.82) is 0 Å². The fraction of sp³-hybridized carbons (Fsp3) is 0.682. The highest BCUT2D eigenvalue weighted by molar-refractivity contribution is 5.80. The average molecular weight is 391 g/mol. The molecule has 2 N–H and O–H groups in total. The summed E-state index contributed by atoms with van der Waals surface area (Å²) in [6, 6.07) is 8.84. The lowest BCUT2D eigenvalue weighted by Crippen LogP contribution is -2.49. The second-order valence-corrected chi connectivity index (χ2v) is 7.26. The molecule has 0 bridgehead atoms. The normalized spacial score (nSPS) is 16.2. The SMILES string of the molecule is CCCOc1cccc(CCN=C(NCC)NC2CCN(CCOC)CC2)c1. The summed E-state index contributed by atoms with van der Waals surface area (Å²) in [5, 5.41) is 7.00. The highest BCUT2D eigenvalue weighted by Gasteiger charge is 2.19. The Kier molecular flexibility index (Phi) is 10.8. The van der Waals surface area contributed by atoms with Crippen LogP contribution in [0.1, 0.15) is 38.7 Å². The van der Waals surface area contributed by atoms with Crippen molar-refractivity contribution >= 4 is 5.96 Å². The molecule has 1 heterocycles. The van der Waals surface area contributed by atoms with E-state index >= 15 is 0 Å². The van der Waals surface area contributed by atoms with E-state index in [4.69, 9.17) is 14.5 Å². The van der Waals surface area contributed by atoms with Crippen molar-refractivity contribution in [3.05, 3.63) is 29.8 Å². The molecule has 0 saturated carbocycles. The second-order valence-electron chi connectivity index (χ2n) is 7.26. The van der Waals surface area contributed by atoms with Crippen LogP contribution < -0.4 is 15.4 Å². The smallest absolute Gasteiger partial charge is 0.191 e. The van der Waals surface area contributed by atoms with Gasteiger partial charge in [0.2, 0.25) is 0 Å². The Morgan fingerprint density at radius 2 is 2.04 bits per heavy atom. The van der Waals surface area contributed by atoms with E-state index in [0.29, 0.717) is 6.04 Å². The van der Waals surface area contributed by atoms with Gasteiger partial charge in [-0.2, -0.15) is 0 Å². The zero-order valence-electron chi connectivity index (χ0n) is 17.9. The number of hydrogen-bond acceptors (Lipinski definition) is 4. The maximum absolute atomic E-state index is 5.72. The molecule has 0 aliphatic carbocycles. The lowest BCUT2D eigenvalue weighted by molar-refractivity contribution is 0.128. The first-order valence-corrected chi connectivity index (χ1v) is 10.7. The standard InChI is InChI=1S/C22H38N4O2/c1-4-16-28-21-8-6-7-19(18-21)9-12-24-22(23-5-2)25-20-10-13-26(14-11-20)15-17-27-3/h6-8,18,20H,4-5,9-17H2,1-3H3,(H2,23,24,25). The van der Waals surface area contributed by atoms with E-state index in [1.807, 2.05) is 6.07 Å². The molecule has 1 aromatic rings. The van der Waals surface area contributed by atoms with Gasteiger partial charge in [-0.05, 0) is 50.3 Å². The molecule has 1 aliphatic rings. The first kappa shape index (κ1) is 22.5. The molecule has 2 rings (SSSR count). The maximum atomic E-state index is 5.72. The van der Waals surface area contributed by atoms with Gasteiger partial charge in [-0.25, -0.2) is 0 Å². The molecule has 0 radical (unpaired) electrons. The van der Waals surface area contributed by atoms with Gasteiger partial charge in [-0.1, -0.05) is 19.1 Å². The minimum atomic E-state index is 0.488. The summed E-state index contributed by atoms with van der Waals surface area (Å²) in [6.45, 7) is 10.7. The minimum absolute atomic E-state index is 0.488.